The van der Waals surface area contributed by atoms with Crippen molar-refractivity contribution in [2.45, 2.75) is 33.7 Å². The lowest BCUT2D eigenvalue weighted by Gasteiger charge is -2.17. The largest absolute Gasteiger partial charge is 0.489 e. The van der Waals surface area contributed by atoms with Gasteiger partial charge in [-0.05, 0) is 68.8 Å². The number of nitrogens with one attached hydrogen (secondary N) is 1. The third-order valence-electron chi connectivity index (χ3n) is 5.56. The molecule has 7 nitrogen and oxygen atoms in total. The molecule has 3 aromatic carbocycles. The Hall–Kier alpha value is -3.68. The maximum atomic E-state index is 12.7. The van der Waals surface area contributed by atoms with Crippen LogP contribution in [0.2, 0.25) is 0 Å². The molecule has 0 aliphatic heterocycles. The number of carbonyl (C=O) groups is 1. The van der Waals surface area contributed by atoms with Gasteiger partial charge in [0.25, 0.3) is 5.91 Å². The van der Waals surface area contributed by atoms with Crippen molar-refractivity contribution in [1.82, 2.24) is 14.9 Å². The van der Waals surface area contributed by atoms with Crippen molar-refractivity contribution in [2.24, 2.45) is 0 Å². The molecule has 0 radical (unpaired) electrons. The zero-order valence-electron chi connectivity index (χ0n) is 20.4. The summed E-state index contributed by atoms with van der Waals surface area (Å²) in [6, 6.07) is 23.6. The molecule has 1 amide bonds. The number of benzene rings is 3. The highest BCUT2D eigenvalue weighted by Crippen LogP contribution is 2.24. The predicted octanol–water partition coefficient (Wildman–Crippen LogP) is 5.04. The summed E-state index contributed by atoms with van der Waals surface area (Å²) in [4.78, 5) is 17.4. The fourth-order valence-corrected chi connectivity index (χ4v) is 3.92. The lowest BCUT2D eigenvalue weighted by molar-refractivity contribution is -0.131. The molecule has 0 saturated carbocycles. The van der Waals surface area contributed by atoms with E-state index in [1.54, 1.807) is 0 Å². The Kier molecular flexibility index (Phi) is 8.13. The summed E-state index contributed by atoms with van der Waals surface area (Å²) in [6.07, 6.45) is -0.459. The minimum atomic E-state index is -0.459. The second kappa shape index (κ2) is 11.6. The average molecular weight is 474 g/mol. The first kappa shape index (κ1) is 24.4. The molecule has 182 valence electrons. The van der Waals surface area contributed by atoms with E-state index in [1.165, 1.54) is 0 Å². The third kappa shape index (κ3) is 6.07. The summed E-state index contributed by atoms with van der Waals surface area (Å²) in [7, 11) is 0. The minimum Gasteiger partial charge on any atom is -0.489 e. The van der Waals surface area contributed by atoms with Crippen LogP contribution in [0.3, 0.4) is 0 Å². The van der Waals surface area contributed by atoms with Gasteiger partial charge in [0.15, 0.2) is 6.29 Å². The smallest absolute Gasteiger partial charge is 0.251 e. The van der Waals surface area contributed by atoms with Gasteiger partial charge in [-0.25, -0.2) is 4.98 Å². The van der Waals surface area contributed by atoms with Gasteiger partial charge in [0.2, 0.25) is 0 Å². The first-order chi connectivity index (χ1) is 17.1. The highest BCUT2D eigenvalue weighted by molar-refractivity contribution is 5.97. The lowest BCUT2D eigenvalue weighted by atomic mass is 10.2. The zero-order valence-corrected chi connectivity index (χ0v) is 20.4. The zero-order chi connectivity index (χ0) is 24.6. The van der Waals surface area contributed by atoms with Crippen LogP contribution in [-0.2, 0) is 16.1 Å². The van der Waals surface area contributed by atoms with Crippen molar-refractivity contribution in [3.63, 3.8) is 0 Å². The molecule has 0 aliphatic rings. The number of rotatable bonds is 11. The standard InChI is InChI=1S/C28H31N3O4/c1-4-33-27(34-5-2)18-29-28(32)22-11-16-26-25(17-22)30-20(3)31(26)23-12-14-24(15-13-23)35-19-21-9-7-6-8-10-21/h6-17,27H,4-5,18-19H2,1-3H3,(H,29,32). The number of aromatic nitrogens is 2. The van der Waals surface area contributed by atoms with E-state index in [0.29, 0.717) is 25.4 Å². The van der Waals surface area contributed by atoms with Gasteiger partial charge in [-0.2, -0.15) is 0 Å². The second-order valence-electron chi connectivity index (χ2n) is 8.02. The van der Waals surface area contributed by atoms with Gasteiger partial charge >= 0.3 is 0 Å². The number of hydrogen-bond acceptors (Lipinski definition) is 5. The number of nitrogens with zero attached hydrogens (tertiary/aromatic N) is 2. The SMILES string of the molecule is CCOC(CNC(=O)c1ccc2c(c1)nc(C)n2-c1ccc(OCc2ccccc2)cc1)OCC. The van der Waals surface area contributed by atoms with E-state index in [0.717, 1.165) is 33.9 Å². The van der Waals surface area contributed by atoms with Gasteiger partial charge < -0.3 is 19.5 Å². The molecule has 0 fully saturated rings. The molecule has 1 heterocycles. The van der Waals surface area contributed by atoms with Gasteiger partial charge in [-0.15, -0.1) is 0 Å². The quantitative estimate of drug-likeness (QED) is 0.309. The van der Waals surface area contributed by atoms with E-state index >= 15 is 0 Å². The lowest BCUT2D eigenvalue weighted by Crippen LogP contribution is -2.35. The molecule has 4 aromatic rings. The highest BCUT2D eigenvalue weighted by atomic mass is 16.7. The number of fused-ring (bicyclic) bond motifs is 1. The van der Waals surface area contributed by atoms with Gasteiger partial charge in [0.1, 0.15) is 18.2 Å². The van der Waals surface area contributed by atoms with Gasteiger partial charge in [0, 0.05) is 24.5 Å². The monoisotopic (exact) mass is 473 g/mol. The van der Waals surface area contributed by atoms with Gasteiger partial charge in [0.05, 0.1) is 17.6 Å². The summed E-state index contributed by atoms with van der Waals surface area (Å²) in [6.45, 7) is 7.58. The van der Waals surface area contributed by atoms with E-state index in [-0.39, 0.29) is 12.5 Å². The normalized spacial score (nSPS) is 11.2. The molecule has 0 saturated heterocycles. The van der Waals surface area contributed by atoms with Crippen LogP contribution in [0.15, 0.2) is 72.8 Å². The molecule has 4 rings (SSSR count). The Labute approximate surface area is 205 Å². The molecule has 7 heteroatoms. The van der Waals surface area contributed by atoms with E-state index in [1.807, 2.05) is 93.6 Å². The van der Waals surface area contributed by atoms with Crippen LogP contribution in [0.1, 0.15) is 35.6 Å². The third-order valence-corrected chi connectivity index (χ3v) is 5.56. The number of amides is 1. The number of ether oxygens (including phenoxy) is 3. The first-order valence-corrected chi connectivity index (χ1v) is 11.9. The highest BCUT2D eigenvalue weighted by Gasteiger charge is 2.15. The molecule has 1 N–H and O–H groups in total. The summed E-state index contributed by atoms with van der Waals surface area (Å²) >= 11 is 0. The van der Waals surface area contributed by atoms with Crippen molar-refractivity contribution in [2.75, 3.05) is 19.8 Å². The molecule has 1 aromatic heterocycles. The summed E-state index contributed by atoms with van der Waals surface area (Å²) in [5, 5.41) is 2.88. The van der Waals surface area contributed by atoms with Crippen molar-refractivity contribution in [3.8, 4) is 11.4 Å². The predicted molar refractivity (Wildman–Crippen MR) is 136 cm³/mol. The van der Waals surface area contributed by atoms with Crippen LogP contribution in [0.4, 0.5) is 0 Å². The first-order valence-electron chi connectivity index (χ1n) is 11.9. The summed E-state index contributed by atoms with van der Waals surface area (Å²) in [5.41, 5.74) is 4.33. The molecular formula is C28H31N3O4. The average Bonchev–Trinajstić information content (AvgIpc) is 3.22. The molecule has 0 unspecified atom stereocenters. The van der Waals surface area contributed by atoms with Crippen LogP contribution >= 0.6 is 0 Å². The summed E-state index contributed by atoms with van der Waals surface area (Å²) < 4.78 is 19.0. The van der Waals surface area contributed by atoms with Crippen molar-refractivity contribution in [3.05, 3.63) is 89.7 Å². The summed E-state index contributed by atoms with van der Waals surface area (Å²) in [5.74, 6) is 1.45. The van der Waals surface area contributed by atoms with E-state index in [9.17, 15) is 4.79 Å². The maximum absolute atomic E-state index is 12.7. The maximum Gasteiger partial charge on any atom is 0.251 e. The van der Waals surface area contributed by atoms with Crippen LogP contribution < -0.4 is 10.1 Å². The van der Waals surface area contributed by atoms with Crippen molar-refractivity contribution in [1.29, 1.82) is 0 Å². The fraction of sp³-hybridized carbons (Fsp3) is 0.286. The van der Waals surface area contributed by atoms with E-state index in [2.05, 4.69) is 14.9 Å². The van der Waals surface area contributed by atoms with E-state index < -0.39 is 6.29 Å². The number of hydrogen-bond donors (Lipinski definition) is 1. The Morgan fingerprint density at radius 1 is 0.971 bits per heavy atom. The number of carbonyl (C=O) groups excluding carboxylic acids is 1. The molecular weight excluding hydrogens is 442 g/mol. The topological polar surface area (TPSA) is 74.6 Å². The molecule has 0 bridgehead atoms. The number of aryl methyl sites for hydroxylation is 1. The van der Waals surface area contributed by atoms with Crippen LogP contribution in [0.25, 0.3) is 16.7 Å². The molecule has 35 heavy (non-hydrogen) atoms. The number of imidazole rings is 1. The molecule has 0 spiro atoms. The van der Waals surface area contributed by atoms with Gasteiger partial charge in [-0.3, -0.25) is 9.36 Å². The Bertz CT molecular complexity index is 1250. The Balaban J connectivity index is 1.46. The van der Waals surface area contributed by atoms with E-state index in [4.69, 9.17) is 14.2 Å². The minimum absolute atomic E-state index is 0.191. The molecule has 0 aliphatic carbocycles. The van der Waals surface area contributed by atoms with Gasteiger partial charge in [-0.1, -0.05) is 30.3 Å². The second-order valence-corrected chi connectivity index (χ2v) is 8.02. The Morgan fingerprint density at radius 2 is 1.69 bits per heavy atom. The van der Waals surface area contributed by atoms with Crippen LogP contribution in [0.5, 0.6) is 5.75 Å². The van der Waals surface area contributed by atoms with Crippen molar-refractivity contribution >= 4 is 16.9 Å². The Morgan fingerprint density at radius 3 is 2.37 bits per heavy atom. The fourth-order valence-electron chi connectivity index (χ4n) is 3.92. The van der Waals surface area contributed by atoms with Crippen LogP contribution in [-0.4, -0.2) is 41.5 Å². The van der Waals surface area contributed by atoms with Crippen LogP contribution in [0, 0.1) is 6.92 Å². The van der Waals surface area contributed by atoms with Crippen molar-refractivity contribution < 1.29 is 19.0 Å². The molecule has 0 atom stereocenters.